The number of rotatable bonds is 4. The Hall–Kier alpha value is -0.900. The summed E-state index contributed by atoms with van der Waals surface area (Å²) in [5, 5.41) is 14.3. The van der Waals surface area contributed by atoms with Crippen molar-refractivity contribution in [2.45, 2.75) is 25.5 Å². The number of hydrogen-bond donors (Lipinski definition) is 2. The van der Waals surface area contributed by atoms with Crippen LogP contribution in [-0.2, 0) is 5.72 Å². The second-order valence-corrected chi connectivity index (χ2v) is 4.67. The van der Waals surface area contributed by atoms with Gasteiger partial charge in [-0.3, -0.25) is 4.90 Å². The lowest BCUT2D eigenvalue weighted by Gasteiger charge is -2.42. The van der Waals surface area contributed by atoms with Crippen LogP contribution in [0.5, 0.6) is 0 Å². The van der Waals surface area contributed by atoms with Crippen LogP contribution >= 0.6 is 0 Å². The van der Waals surface area contributed by atoms with Gasteiger partial charge in [-0.15, -0.1) is 0 Å². The second kappa shape index (κ2) is 5.63. The summed E-state index contributed by atoms with van der Waals surface area (Å²) in [5.41, 5.74) is 0.224. The van der Waals surface area contributed by atoms with Crippen molar-refractivity contribution >= 4 is 0 Å². The van der Waals surface area contributed by atoms with E-state index in [1.165, 1.54) is 0 Å². The molecule has 1 aromatic carbocycles. The SMILES string of the molecule is CCCC(O)(c1ccccc1)N1CCNCC1. The van der Waals surface area contributed by atoms with Gasteiger partial charge in [0.15, 0.2) is 0 Å². The second-order valence-electron chi connectivity index (χ2n) is 4.67. The molecule has 3 nitrogen and oxygen atoms in total. The molecular formula is C14H22N2O. The zero-order valence-electron chi connectivity index (χ0n) is 10.5. The Bertz CT molecular complexity index is 335. The predicted molar refractivity (Wildman–Crippen MR) is 69.7 cm³/mol. The quantitative estimate of drug-likeness (QED) is 0.829. The maximum Gasteiger partial charge on any atom is 0.144 e. The van der Waals surface area contributed by atoms with E-state index >= 15 is 0 Å². The van der Waals surface area contributed by atoms with Crippen LogP contribution < -0.4 is 5.32 Å². The standard InChI is InChI=1S/C14H22N2O/c1-2-8-14(17,13-6-4-3-5-7-13)16-11-9-15-10-12-16/h3-7,15,17H,2,8-12H2,1H3. The van der Waals surface area contributed by atoms with Gasteiger partial charge in [0.05, 0.1) is 0 Å². The van der Waals surface area contributed by atoms with Gasteiger partial charge in [0.25, 0.3) is 0 Å². The van der Waals surface area contributed by atoms with Crippen molar-refractivity contribution in [1.29, 1.82) is 0 Å². The van der Waals surface area contributed by atoms with Gasteiger partial charge in [0.1, 0.15) is 5.72 Å². The molecule has 0 amide bonds. The van der Waals surface area contributed by atoms with Crippen LogP contribution in [0.3, 0.4) is 0 Å². The van der Waals surface area contributed by atoms with Gasteiger partial charge in [0.2, 0.25) is 0 Å². The molecule has 94 valence electrons. The van der Waals surface area contributed by atoms with E-state index < -0.39 is 5.72 Å². The number of nitrogens with zero attached hydrogens (tertiary/aromatic N) is 1. The summed E-state index contributed by atoms with van der Waals surface area (Å²) in [5.74, 6) is 0. The highest BCUT2D eigenvalue weighted by Crippen LogP contribution is 2.30. The monoisotopic (exact) mass is 234 g/mol. The average molecular weight is 234 g/mol. The first-order chi connectivity index (χ1) is 8.27. The van der Waals surface area contributed by atoms with Gasteiger partial charge >= 0.3 is 0 Å². The van der Waals surface area contributed by atoms with E-state index in [4.69, 9.17) is 0 Å². The van der Waals surface area contributed by atoms with Crippen LogP contribution in [0.4, 0.5) is 0 Å². The molecule has 0 aliphatic carbocycles. The highest BCUT2D eigenvalue weighted by atomic mass is 16.3. The lowest BCUT2D eigenvalue weighted by atomic mass is 9.95. The van der Waals surface area contributed by atoms with Crippen molar-refractivity contribution < 1.29 is 5.11 Å². The largest absolute Gasteiger partial charge is 0.371 e. The maximum absolute atomic E-state index is 11.0. The molecule has 1 saturated heterocycles. The number of aliphatic hydroxyl groups is 1. The van der Waals surface area contributed by atoms with Crippen LogP contribution in [0.2, 0.25) is 0 Å². The summed E-state index contributed by atoms with van der Waals surface area (Å²) in [6.07, 6.45) is 1.77. The Morgan fingerprint density at radius 1 is 1.24 bits per heavy atom. The molecule has 2 N–H and O–H groups in total. The molecule has 2 rings (SSSR count). The number of piperazine rings is 1. The molecule has 17 heavy (non-hydrogen) atoms. The van der Waals surface area contributed by atoms with Crippen LogP contribution in [0.25, 0.3) is 0 Å². The molecule has 1 aromatic rings. The molecule has 0 bridgehead atoms. The van der Waals surface area contributed by atoms with Gasteiger partial charge < -0.3 is 10.4 Å². The fourth-order valence-corrected chi connectivity index (χ4v) is 2.57. The Labute approximate surface area is 103 Å². The van der Waals surface area contributed by atoms with Crippen molar-refractivity contribution in [2.75, 3.05) is 26.2 Å². The topological polar surface area (TPSA) is 35.5 Å². The lowest BCUT2D eigenvalue weighted by Crippen LogP contribution is -2.54. The van der Waals surface area contributed by atoms with E-state index in [0.29, 0.717) is 0 Å². The number of hydrogen-bond acceptors (Lipinski definition) is 3. The smallest absolute Gasteiger partial charge is 0.144 e. The first-order valence-corrected chi connectivity index (χ1v) is 6.51. The molecule has 3 heteroatoms. The molecule has 1 aliphatic heterocycles. The maximum atomic E-state index is 11.0. The van der Waals surface area contributed by atoms with Crippen LogP contribution in [0.15, 0.2) is 30.3 Å². The van der Waals surface area contributed by atoms with Crippen molar-refractivity contribution in [3.05, 3.63) is 35.9 Å². The van der Waals surface area contributed by atoms with E-state index in [0.717, 1.165) is 44.6 Å². The summed E-state index contributed by atoms with van der Waals surface area (Å²) in [4.78, 5) is 2.20. The Kier molecular flexibility index (Phi) is 4.15. The average Bonchev–Trinajstić information content (AvgIpc) is 2.41. The third kappa shape index (κ3) is 2.68. The fraction of sp³-hybridized carbons (Fsp3) is 0.571. The molecule has 0 radical (unpaired) electrons. The van der Waals surface area contributed by atoms with Crippen LogP contribution in [0.1, 0.15) is 25.3 Å². The molecule has 1 aliphatic rings. The van der Waals surface area contributed by atoms with Crippen LogP contribution in [0, 0.1) is 0 Å². The zero-order chi connectivity index (χ0) is 12.1. The Balaban J connectivity index is 2.24. The molecular weight excluding hydrogens is 212 g/mol. The summed E-state index contributed by atoms with van der Waals surface area (Å²) < 4.78 is 0. The van der Waals surface area contributed by atoms with Gasteiger partial charge in [0, 0.05) is 26.2 Å². The Morgan fingerprint density at radius 3 is 2.47 bits per heavy atom. The van der Waals surface area contributed by atoms with Crippen molar-refractivity contribution in [2.24, 2.45) is 0 Å². The van der Waals surface area contributed by atoms with Crippen molar-refractivity contribution in [3.8, 4) is 0 Å². The zero-order valence-corrected chi connectivity index (χ0v) is 10.5. The highest BCUT2D eigenvalue weighted by Gasteiger charge is 2.35. The van der Waals surface area contributed by atoms with E-state index in [9.17, 15) is 5.11 Å². The third-order valence-electron chi connectivity index (χ3n) is 3.47. The van der Waals surface area contributed by atoms with E-state index in [1.807, 2.05) is 30.3 Å². The minimum absolute atomic E-state index is 0.789. The van der Waals surface area contributed by atoms with Crippen LogP contribution in [-0.4, -0.2) is 36.2 Å². The minimum atomic E-state index is -0.794. The summed E-state index contributed by atoms with van der Waals surface area (Å²) in [6.45, 7) is 5.85. The van der Waals surface area contributed by atoms with E-state index in [1.54, 1.807) is 0 Å². The number of nitrogens with one attached hydrogen (secondary N) is 1. The molecule has 0 spiro atoms. The first kappa shape index (κ1) is 12.6. The first-order valence-electron chi connectivity index (χ1n) is 6.51. The predicted octanol–water partition coefficient (Wildman–Crippen LogP) is 1.54. The van der Waals surface area contributed by atoms with Gasteiger partial charge in [-0.25, -0.2) is 0 Å². The van der Waals surface area contributed by atoms with Gasteiger partial charge in [-0.05, 0) is 12.0 Å². The molecule has 1 unspecified atom stereocenters. The molecule has 0 aromatic heterocycles. The van der Waals surface area contributed by atoms with E-state index in [-0.39, 0.29) is 0 Å². The van der Waals surface area contributed by atoms with Crippen molar-refractivity contribution in [3.63, 3.8) is 0 Å². The van der Waals surface area contributed by atoms with Gasteiger partial charge in [-0.2, -0.15) is 0 Å². The molecule has 1 heterocycles. The summed E-state index contributed by atoms with van der Waals surface area (Å²) in [6, 6.07) is 10.0. The highest BCUT2D eigenvalue weighted by molar-refractivity contribution is 5.22. The molecule has 1 atom stereocenters. The minimum Gasteiger partial charge on any atom is -0.371 e. The van der Waals surface area contributed by atoms with Crippen molar-refractivity contribution in [1.82, 2.24) is 10.2 Å². The lowest BCUT2D eigenvalue weighted by molar-refractivity contribution is -0.127. The fourth-order valence-electron chi connectivity index (χ4n) is 2.57. The van der Waals surface area contributed by atoms with Gasteiger partial charge in [-0.1, -0.05) is 43.7 Å². The summed E-state index contributed by atoms with van der Waals surface area (Å²) in [7, 11) is 0. The van der Waals surface area contributed by atoms with E-state index in [2.05, 4.69) is 17.1 Å². The molecule has 0 saturated carbocycles. The summed E-state index contributed by atoms with van der Waals surface area (Å²) >= 11 is 0. The molecule has 1 fully saturated rings. The number of benzene rings is 1. The Morgan fingerprint density at radius 2 is 1.88 bits per heavy atom. The third-order valence-corrected chi connectivity index (χ3v) is 3.47. The normalized spacial score (nSPS) is 21.1.